The summed E-state index contributed by atoms with van der Waals surface area (Å²) in [6.45, 7) is 6.18. The molecule has 0 radical (unpaired) electrons. The summed E-state index contributed by atoms with van der Waals surface area (Å²) >= 11 is 3.04. The van der Waals surface area contributed by atoms with Gasteiger partial charge in [-0.25, -0.2) is 4.98 Å². The molecule has 0 aliphatic heterocycles. The molecule has 6 nitrogen and oxygen atoms in total. The predicted molar refractivity (Wildman–Crippen MR) is 120 cm³/mol. The van der Waals surface area contributed by atoms with Crippen molar-refractivity contribution < 1.29 is 0 Å². The van der Waals surface area contributed by atoms with Gasteiger partial charge in [0, 0.05) is 23.7 Å². The van der Waals surface area contributed by atoms with Gasteiger partial charge >= 0.3 is 0 Å². The van der Waals surface area contributed by atoms with Crippen molar-refractivity contribution in [1.82, 2.24) is 19.6 Å². The molecule has 0 fully saturated rings. The smallest absolute Gasteiger partial charge is 0.258 e. The number of thioether (sulfide) groups is 1. The molecule has 0 saturated heterocycles. The summed E-state index contributed by atoms with van der Waals surface area (Å²) in [6.07, 6.45) is 2.69. The molecule has 1 aromatic carbocycles. The van der Waals surface area contributed by atoms with Crippen LogP contribution in [0.3, 0.4) is 0 Å². The van der Waals surface area contributed by atoms with Crippen molar-refractivity contribution in [2.75, 3.05) is 5.32 Å². The number of aromatic nitrogens is 4. The van der Waals surface area contributed by atoms with E-state index >= 15 is 0 Å². The average molecular weight is 424 g/mol. The summed E-state index contributed by atoms with van der Waals surface area (Å²) in [5, 5.41) is 12.7. The molecule has 148 valence electrons. The molecule has 0 atom stereocenters. The van der Waals surface area contributed by atoms with Crippen molar-refractivity contribution in [2.24, 2.45) is 0 Å². The standard InChI is InChI=1S/C21H21N5OS2/c1-4-15-9-5-7-13(2)18(15)23-20-24-25-21(29-20)28-12-16-11-17(27)26-10-6-8-14(3)19(26)22-16/h5-11H,4,12H2,1-3H3,(H,23,24). The van der Waals surface area contributed by atoms with Crippen LogP contribution in [0.4, 0.5) is 10.8 Å². The van der Waals surface area contributed by atoms with E-state index in [1.807, 2.05) is 19.1 Å². The monoisotopic (exact) mass is 423 g/mol. The van der Waals surface area contributed by atoms with Gasteiger partial charge in [0.05, 0.1) is 5.69 Å². The topological polar surface area (TPSA) is 72.2 Å². The van der Waals surface area contributed by atoms with E-state index in [1.54, 1.807) is 16.7 Å². The molecule has 0 bridgehead atoms. The Morgan fingerprint density at radius 1 is 1.14 bits per heavy atom. The normalized spacial score (nSPS) is 11.1. The largest absolute Gasteiger partial charge is 0.330 e. The predicted octanol–water partition coefficient (Wildman–Crippen LogP) is 4.76. The molecule has 0 amide bonds. The first-order valence-corrected chi connectivity index (χ1v) is 11.1. The summed E-state index contributed by atoms with van der Waals surface area (Å²) in [6, 6.07) is 11.7. The highest BCUT2D eigenvalue weighted by Crippen LogP contribution is 2.31. The summed E-state index contributed by atoms with van der Waals surface area (Å²) in [4.78, 5) is 17.0. The van der Waals surface area contributed by atoms with Crippen LogP contribution in [-0.2, 0) is 12.2 Å². The van der Waals surface area contributed by atoms with Crippen LogP contribution in [0.5, 0.6) is 0 Å². The number of anilines is 2. The first kappa shape index (κ1) is 19.6. The molecule has 29 heavy (non-hydrogen) atoms. The average Bonchev–Trinajstić information content (AvgIpc) is 3.16. The van der Waals surface area contributed by atoms with E-state index in [1.165, 1.54) is 34.2 Å². The molecule has 0 unspecified atom stereocenters. The molecular weight excluding hydrogens is 402 g/mol. The zero-order chi connectivity index (χ0) is 20.4. The zero-order valence-corrected chi connectivity index (χ0v) is 18.1. The lowest BCUT2D eigenvalue weighted by Gasteiger charge is -2.11. The molecular formula is C21H21N5OS2. The molecule has 3 aromatic heterocycles. The highest BCUT2D eigenvalue weighted by molar-refractivity contribution is 8.00. The SMILES string of the molecule is CCc1cccc(C)c1Nc1nnc(SCc2cc(=O)n3cccc(C)c3n2)s1. The van der Waals surface area contributed by atoms with Crippen molar-refractivity contribution in [3.8, 4) is 0 Å². The Kier molecular flexibility index (Phi) is 5.64. The maximum Gasteiger partial charge on any atom is 0.258 e. The van der Waals surface area contributed by atoms with Gasteiger partial charge in [0.2, 0.25) is 5.13 Å². The van der Waals surface area contributed by atoms with E-state index in [2.05, 4.69) is 52.5 Å². The van der Waals surface area contributed by atoms with Crippen LogP contribution in [0, 0.1) is 13.8 Å². The third kappa shape index (κ3) is 4.18. The van der Waals surface area contributed by atoms with Gasteiger partial charge in [0.25, 0.3) is 5.56 Å². The van der Waals surface area contributed by atoms with Gasteiger partial charge in [-0.1, -0.05) is 54.3 Å². The lowest BCUT2D eigenvalue weighted by Crippen LogP contribution is -2.15. The van der Waals surface area contributed by atoms with Gasteiger partial charge in [0.1, 0.15) is 5.65 Å². The van der Waals surface area contributed by atoms with Crippen molar-refractivity contribution in [1.29, 1.82) is 0 Å². The fourth-order valence-electron chi connectivity index (χ4n) is 3.15. The highest BCUT2D eigenvalue weighted by Gasteiger charge is 2.11. The molecule has 3 heterocycles. The Hall–Kier alpha value is -2.71. The molecule has 1 N–H and O–H groups in total. The maximum atomic E-state index is 12.3. The third-order valence-corrected chi connectivity index (χ3v) is 6.67. The molecule has 8 heteroatoms. The Morgan fingerprint density at radius 2 is 1.97 bits per heavy atom. The number of nitrogens with zero attached hydrogens (tertiary/aromatic N) is 4. The maximum absolute atomic E-state index is 12.3. The van der Waals surface area contributed by atoms with E-state index in [0.29, 0.717) is 11.4 Å². The molecule has 0 aliphatic rings. The number of fused-ring (bicyclic) bond motifs is 1. The second kappa shape index (κ2) is 8.34. The number of aryl methyl sites for hydroxylation is 3. The summed E-state index contributed by atoms with van der Waals surface area (Å²) in [7, 11) is 0. The Balaban J connectivity index is 1.50. The minimum Gasteiger partial charge on any atom is -0.330 e. The van der Waals surface area contributed by atoms with Gasteiger partial charge in [-0.2, -0.15) is 0 Å². The van der Waals surface area contributed by atoms with Crippen molar-refractivity contribution in [2.45, 2.75) is 37.3 Å². The van der Waals surface area contributed by atoms with Crippen LogP contribution < -0.4 is 10.9 Å². The highest BCUT2D eigenvalue weighted by atomic mass is 32.2. The van der Waals surface area contributed by atoms with Crippen LogP contribution in [0.25, 0.3) is 5.65 Å². The lowest BCUT2D eigenvalue weighted by molar-refractivity contribution is 0.993. The van der Waals surface area contributed by atoms with E-state index in [9.17, 15) is 4.79 Å². The van der Waals surface area contributed by atoms with Gasteiger partial charge in [-0.3, -0.25) is 9.20 Å². The number of rotatable bonds is 6. The number of nitrogens with one attached hydrogen (secondary N) is 1. The molecule has 4 rings (SSSR count). The number of pyridine rings is 1. The minimum atomic E-state index is -0.0689. The fourth-order valence-corrected chi connectivity index (χ4v) is 4.79. The number of para-hydroxylation sites is 1. The summed E-state index contributed by atoms with van der Waals surface area (Å²) < 4.78 is 2.41. The fraction of sp³-hybridized carbons (Fsp3) is 0.238. The first-order chi connectivity index (χ1) is 14.0. The van der Waals surface area contributed by atoms with Gasteiger partial charge < -0.3 is 5.32 Å². The van der Waals surface area contributed by atoms with Crippen LogP contribution in [-0.4, -0.2) is 19.6 Å². The van der Waals surface area contributed by atoms with Crippen LogP contribution >= 0.6 is 23.1 Å². The van der Waals surface area contributed by atoms with Gasteiger partial charge in [-0.15, -0.1) is 10.2 Å². The second-order valence-corrected chi connectivity index (χ2v) is 8.92. The molecule has 4 aromatic rings. The van der Waals surface area contributed by atoms with Gasteiger partial charge in [0.15, 0.2) is 4.34 Å². The van der Waals surface area contributed by atoms with Crippen LogP contribution in [0.2, 0.25) is 0 Å². The number of benzene rings is 1. The second-order valence-electron chi connectivity index (χ2n) is 6.72. The van der Waals surface area contributed by atoms with E-state index in [-0.39, 0.29) is 5.56 Å². The molecule has 0 spiro atoms. The zero-order valence-electron chi connectivity index (χ0n) is 16.5. The van der Waals surface area contributed by atoms with Crippen molar-refractivity contribution >= 4 is 39.6 Å². The molecule has 0 saturated carbocycles. The minimum absolute atomic E-state index is 0.0689. The summed E-state index contributed by atoms with van der Waals surface area (Å²) in [5.41, 5.74) is 5.88. The quantitative estimate of drug-likeness (QED) is 0.451. The van der Waals surface area contributed by atoms with E-state index < -0.39 is 0 Å². The number of hydrogen-bond donors (Lipinski definition) is 1. The summed E-state index contributed by atoms with van der Waals surface area (Å²) in [5.74, 6) is 0.569. The Morgan fingerprint density at radius 3 is 2.79 bits per heavy atom. The van der Waals surface area contributed by atoms with Crippen molar-refractivity contribution in [3.63, 3.8) is 0 Å². The van der Waals surface area contributed by atoms with Gasteiger partial charge in [-0.05, 0) is 43.0 Å². The van der Waals surface area contributed by atoms with Crippen LogP contribution in [0.15, 0.2) is 51.7 Å². The lowest BCUT2D eigenvalue weighted by atomic mass is 10.1. The van der Waals surface area contributed by atoms with Crippen molar-refractivity contribution in [3.05, 3.63) is 75.3 Å². The Bertz CT molecular complexity index is 1230. The Labute approximate surface area is 177 Å². The third-order valence-electron chi connectivity index (χ3n) is 4.66. The number of hydrogen-bond acceptors (Lipinski definition) is 7. The molecule has 0 aliphatic carbocycles. The van der Waals surface area contributed by atoms with Crippen LogP contribution in [0.1, 0.15) is 29.3 Å². The van der Waals surface area contributed by atoms with E-state index in [0.717, 1.165) is 32.8 Å². The van der Waals surface area contributed by atoms with E-state index in [4.69, 9.17) is 0 Å². The first-order valence-electron chi connectivity index (χ1n) is 9.35.